The van der Waals surface area contributed by atoms with E-state index in [1.54, 1.807) is 44.4 Å². The molecule has 28 heavy (non-hydrogen) atoms. The molecule has 0 unspecified atom stereocenters. The van der Waals surface area contributed by atoms with Crippen LogP contribution in [0.5, 0.6) is 23.0 Å². The smallest absolute Gasteiger partial charge is 0.325 e. The lowest BCUT2D eigenvalue weighted by Crippen LogP contribution is -2.65. The lowest BCUT2D eigenvalue weighted by atomic mass is 9.89. The number of nitrogens with one attached hydrogen (secondary N) is 1. The van der Waals surface area contributed by atoms with Crippen molar-refractivity contribution in [1.82, 2.24) is 5.32 Å². The van der Waals surface area contributed by atoms with Gasteiger partial charge >= 0.3 is 6.03 Å². The molecule has 2 bridgehead atoms. The molecule has 2 heterocycles. The largest absolute Gasteiger partial charge is 0.497 e. The molecule has 0 radical (unpaired) electrons. The fourth-order valence-corrected chi connectivity index (χ4v) is 4.34. The van der Waals surface area contributed by atoms with E-state index >= 15 is 0 Å². The molecule has 4 rings (SSSR count). The van der Waals surface area contributed by atoms with Gasteiger partial charge in [0.25, 0.3) is 0 Å². The minimum absolute atomic E-state index is 0.187. The average molecular weight is 449 g/mol. The van der Waals surface area contributed by atoms with E-state index < -0.39 is 5.72 Å². The number of fused-ring (bicyclic) bond motifs is 4. The van der Waals surface area contributed by atoms with Gasteiger partial charge in [-0.05, 0) is 31.2 Å². The summed E-state index contributed by atoms with van der Waals surface area (Å²) in [6.45, 7) is 1.90. The molecule has 7 nitrogen and oxygen atoms in total. The van der Waals surface area contributed by atoms with E-state index in [9.17, 15) is 4.79 Å². The number of carbonyl (C=O) groups excluding carboxylic acids is 1. The Morgan fingerprint density at radius 2 is 1.89 bits per heavy atom. The Morgan fingerprint density at radius 1 is 1.14 bits per heavy atom. The van der Waals surface area contributed by atoms with Gasteiger partial charge in [0, 0.05) is 22.5 Å². The Kier molecular flexibility index (Phi) is 4.53. The number of amides is 2. The fourth-order valence-electron chi connectivity index (χ4n) is 3.89. The minimum Gasteiger partial charge on any atom is -0.497 e. The highest BCUT2D eigenvalue weighted by Crippen LogP contribution is 2.51. The van der Waals surface area contributed by atoms with Crippen LogP contribution in [0.1, 0.15) is 24.9 Å². The first-order chi connectivity index (χ1) is 13.4. The molecule has 8 heteroatoms. The lowest BCUT2D eigenvalue weighted by Gasteiger charge is -2.50. The van der Waals surface area contributed by atoms with Crippen molar-refractivity contribution in [3.05, 3.63) is 40.4 Å². The van der Waals surface area contributed by atoms with Gasteiger partial charge in [0.15, 0.2) is 17.2 Å². The summed E-state index contributed by atoms with van der Waals surface area (Å²) in [5, 5.41) is 3.08. The number of nitrogens with zero attached hydrogens (tertiary/aromatic N) is 1. The number of halogens is 1. The van der Waals surface area contributed by atoms with Crippen molar-refractivity contribution in [1.29, 1.82) is 0 Å². The third kappa shape index (κ3) is 2.83. The van der Waals surface area contributed by atoms with Crippen LogP contribution in [0.15, 0.2) is 34.8 Å². The minimum atomic E-state index is -0.914. The highest BCUT2D eigenvalue weighted by atomic mass is 79.9. The van der Waals surface area contributed by atoms with Crippen molar-refractivity contribution in [2.45, 2.75) is 25.1 Å². The topological polar surface area (TPSA) is 69.3 Å². The number of anilines is 1. The number of urea groups is 1. The van der Waals surface area contributed by atoms with Gasteiger partial charge < -0.3 is 24.3 Å². The standard InChI is InChI=1S/C20H21BrN2O5/c1-20-10-14(13-7-11(21)8-17(27-4)18(13)28-20)22-19(24)23(20)15-6-5-12(25-2)9-16(15)26-3/h5-9,14H,10H2,1-4H3,(H,22,24)/t14-,20+/m1/s1. The second-order valence-corrected chi connectivity index (χ2v) is 7.80. The van der Waals surface area contributed by atoms with Crippen LogP contribution >= 0.6 is 15.9 Å². The molecule has 2 amide bonds. The molecule has 2 atom stereocenters. The number of rotatable bonds is 4. The molecule has 2 aliphatic rings. The van der Waals surface area contributed by atoms with Gasteiger partial charge in [0.05, 0.1) is 33.1 Å². The first-order valence-corrected chi connectivity index (χ1v) is 9.58. The van der Waals surface area contributed by atoms with E-state index in [0.29, 0.717) is 35.1 Å². The van der Waals surface area contributed by atoms with E-state index in [1.807, 2.05) is 19.1 Å². The summed E-state index contributed by atoms with van der Waals surface area (Å²) >= 11 is 3.49. The van der Waals surface area contributed by atoms with E-state index in [4.69, 9.17) is 18.9 Å². The zero-order valence-corrected chi connectivity index (χ0v) is 17.6. The zero-order valence-electron chi connectivity index (χ0n) is 16.0. The maximum absolute atomic E-state index is 13.1. The van der Waals surface area contributed by atoms with Crippen molar-refractivity contribution in [3.63, 3.8) is 0 Å². The summed E-state index contributed by atoms with van der Waals surface area (Å²) in [5.41, 5.74) is 0.572. The van der Waals surface area contributed by atoms with Gasteiger partial charge in [-0.15, -0.1) is 0 Å². The van der Waals surface area contributed by atoms with Crippen LogP contribution in [-0.2, 0) is 0 Å². The second-order valence-electron chi connectivity index (χ2n) is 6.88. The Balaban J connectivity index is 1.83. The van der Waals surface area contributed by atoms with Gasteiger partial charge in [-0.25, -0.2) is 4.79 Å². The van der Waals surface area contributed by atoms with Gasteiger partial charge in [-0.2, -0.15) is 0 Å². The van der Waals surface area contributed by atoms with Gasteiger partial charge in [-0.1, -0.05) is 15.9 Å². The number of ether oxygens (including phenoxy) is 4. The Labute approximate surface area is 171 Å². The summed E-state index contributed by atoms with van der Waals surface area (Å²) in [7, 11) is 4.74. The van der Waals surface area contributed by atoms with Gasteiger partial charge in [0.2, 0.25) is 0 Å². The summed E-state index contributed by atoms with van der Waals surface area (Å²) in [6.07, 6.45) is 0.570. The van der Waals surface area contributed by atoms with Gasteiger partial charge in [0.1, 0.15) is 11.5 Å². The highest BCUT2D eigenvalue weighted by Gasteiger charge is 2.51. The van der Waals surface area contributed by atoms with Crippen LogP contribution < -0.4 is 29.2 Å². The predicted octanol–water partition coefficient (Wildman–Crippen LogP) is 4.24. The van der Waals surface area contributed by atoms with Crippen LogP contribution in [0, 0.1) is 0 Å². The van der Waals surface area contributed by atoms with Crippen molar-refractivity contribution in [2.75, 3.05) is 26.2 Å². The molecule has 1 saturated heterocycles. The molecular formula is C20H21BrN2O5. The van der Waals surface area contributed by atoms with Crippen molar-refractivity contribution >= 4 is 27.6 Å². The number of benzene rings is 2. The molecule has 2 aromatic carbocycles. The molecule has 148 valence electrons. The normalized spacial score (nSPS) is 22.7. The summed E-state index contributed by atoms with van der Waals surface area (Å²) in [6, 6.07) is 8.68. The van der Waals surface area contributed by atoms with Crippen molar-refractivity contribution in [3.8, 4) is 23.0 Å². The van der Waals surface area contributed by atoms with Crippen molar-refractivity contribution in [2.24, 2.45) is 0 Å². The van der Waals surface area contributed by atoms with E-state index in [2.05, 4.69) is 21.2 Å². The zero-order chi connectivity index (χ0) is 20.1. The highest BCUT2D eigenvalue weighted by molar-refractivity contribution is 9.10. The molecule has 0 aromatic heterocycles. The maximum atomic E-state index is 13.1. The van der Waals surface area contributed by atoms with Crippen LogP contribution in [0.4, 0.5) is 10.5 Å². The van der Waals surface area contributed by atoms with Crippen LogP contribution in [0.2, 0.25) is 0 Å². The Bertz CT molecular complexity index is 950. The summed E-state index contributed by atoms with van der Waals surface area (Å²) in [5.74, 6) is 2.40. The van der Waals surface area contributed by atoms with Crippen LogP contribution in [-0.4, -0.2) is 33.1 Å². The molecule has 2 aliphatic heterocycles. The molecule has 0 spiro atoms. The first kappa shape index (κ1) is 18.7. The lowest BCUT2D eigenvalue weighted by molar-refractivity contribution is 0.0345. The predicted molar refractivity (Wildman–Crippen MR) is 108 cm³/mol. The van der Waals surface area contributed by atoms with Crippen LogP contribution in [0.3, 0.4) is 0 Å². The molecular weight excluding hydrogens is 428 g/mol. The number of hydrogen-bond acceptors (Lipinski definition) is 5. The van der Waals surface area contributed by atoms with E-state index in [-0.39, 0.29) is 12.1 Å². The number of hydrogen-bond donors (Lipinski definition) is 1. The number of methoxy groups -OCH3 is 3. The monoisotopic (exact) mass is 448 g/mol. The first-order valence-electron chi connectivity index (χ1n) is 8.79. The van der Waals surface area contributed by atoms with Crippen LogP contribution in [0.25, 0.3) is 0 Å². The summed E-state index contributed by atoms with van der Waals surface area (Å²) < 4.78 is 23.6. The fraction of sp³-hybridized carbons (Fsp3) is 0.350. The quantitative estimate of drug-likeness (QED) is 0.756. The maximum Gasteiger partial charge on any atom is 0.325 e. The Hall–Kier alpha value is -2.61. The molecule has 1 fully saturated rings. The second kappa shape index (κ2) is 6.77. The molecule has 0 aliphatic carbocycles. The molecule has 2 aromatic rings. The Morgan fingerprint density at radius 3 is 2.57 bits per heavy atom. The van der Waals surface area contributed by atoms with E-state index in [1.165, 1.54) is 0 Å². The van der Waals surface area contributed by atoms with Crippen molar-refractivity contribution < 1.29 is 23.7 Å². The molecule has 1 N–H and O–H groups in total. The van der Waals surface area contributed by atoms with Gasteiger partial charge in [-0.3, -0.25) is 4.90 Å². The summed E-state index contributed by atoms with van der Waals surface area (Å²) in [4.78, 5) is 14.7. The molecule has 0 saturated carbocycles. The third-order valence-corrected chi connectivity index (χ3v) is 5.61. The third-order valence-electron chi connectivity index (χ3n) is 5.15. The number of carbonyl (C=O) groups is 1. The average Bonchev–Trinajstić information content (AvgIpc) is 2.67. The van der Waals surface area contributed by atoms with E-state index in [0.717, 1.165) is 10.0 Å². The SMILES string of the molecule is COc1ccc(N2C(=O)N[C@@H]3C[C@]2(C)Oc2c(OC)cc(Br)cc23)c(OC)c1.